The van der Waals surface area contributed by atoms with E-state index in [9.17, 15) is 33.9 Å². The molecular formula is C32H58N8O7. The van der Waals surface area contributed by atoms with Gasteiger partial charge in [0.2, 0.25) is 29.5 Å². The highest BCUT2D eigenvalue weighted by Gasteiger charge is 2.41. The second-order valence-corrected chi connectivity index (χ2v) is 13.4. The van der Waals surface area contributed by atoms with Crippen LogP contribution >= 0.6 is 0 Å². The Morgan fingerprint density at radius 3 is 1.64 bits per heavy atom. The Balaban J connectivity index is 2.17. The molecule has 6 atom stereocenters. The number of aliphatic carboxylic acids is 1. The molecule has 0 aromatic rings. The van der Waals surface area contributed by atoms with Gasteiger partial charge in [0.05, 0.1) is 6.04 Å². The Labute approximate surface area is 278 Å². The van der Waals surface area contributed by atoms with Crippen molar-refractivity contribution in [2.24, 2.45) is 29.0 Å². The number of hydrogen-bond donors (Lipinski definition) is 7. The van der Waals surface area contributed by atoms with Crippen LogP contribution < -0.4 is 33.2 Å². The number of carbonyl (C=O) groups excluding carboxylic acids is 5. The minimum atomic E-state index is -1.16. The molecule has 2 saturated heterocycles. The first-order chi connectivity index (χ1) is 22.2. The van der Waals surface area contributed by atoms with Crippen molar-refractivity contribution in [1.82, 2.24) is 25.8 Å². The fraction of sp³-hybridized carbons (Fsp3) is 0.812. The van der Waals surface area contributed by atoms with Crippen molar-refractivity contribution < 1.29 is 33.9 Å². The van der Waals surface area contributed by atoms with Gasteiger partial charge in [-0.2, -0.15) is 0 Å². The summed E-state index contributed by atoms with van der Waals surface area (Å²) in [4.78, 5) is 81.9. The second kappa shape index (κ2) is 19.5. The maximum Gasteiger partial charge on any atom is 0.326 e. The van der Waals surface area contributed by atoms with Gasteiger partial charge in [0.25, 0.3) is 0 Å². The van der Waals surface area contributed by atoms with Crippen LogP contribution in [0.15, 0.2) is 0 Å². The zero-order valence-electron chi connectivity index (χ0n) is 28.5. The lowest BCUT2D eigenvalue weighted by Crippen LogP contribution is -2.60. The molecule has 15 nitrogen and oxygen atoms in total. The number of nitrogens with two attached hydrogens (primary N) is 3. The number of amides is 5. The lowest BCUT2D eigenvalue weighted by atomic mass is 10.0. The average Bonchev–Trinajstić information content (AvgIpc) is 3.71. The van der Waals surface area contributed by atoms with Crippen molar-refractivity contribution in [3.63, 3.8) is 0 Å². The van der Waals surface area contributed by atoms with E-state index in [1.54, 1.807) is 27.7 Å². The minimum absolute atomic E-state index is 0.266. The Kier molecular flexibility index (Phi) is 16.5. The molecule has 2 heterocycles. The van der Waals surface area contributed by atoms with E-state index in [-0.39, 0.29) is 30.7 Å². The molecule has 2 rings (SSSR count). The molecule has 0 bridgehead atoms. The zero-order chi connectivity index (χ0) is 35.3. The molecule has 0 aliphatic carbocycles. The van der Waals surface area contributed by atoms with Gasteiger partial charge in [0.15, 0.2) is 0 Å². The van der Waals surface area contributed by atoms with Crippen LogP contribution in [-0.2, 0) is 28.8 Å². The third kappa shape index (κ3) is 11.4. The predicted molar refractivity (Wildman–Crippen MR) is 176 cm³/mol. The summed E-state index contributed by atoms with van der Waals surface area (Å²) in [5.41, 5.74) is 17.4. The molecule has 0 aromatic heterocycles. The van der Waals surface area contributed by atoms with Crippen LogP contribution in [-0.4, -0.2) is 113 Å². The molecule has 0 spiro atoms. The highest BCUT2D eigenvalue weighted by atomic mass is 16.4. The topological polar surface area (TPSA) is 243 Å². The largest absolute Gasteiger partial charge is 0.480 e. The Hall–Kier alpha value is -3.30. The van der Waals surface area contributed by atoms with Crippen LogP contribution in [0.4, 0.5) is 0 Å². The second-order valence-electron chi connectivity index (χ2n) is 13.4. The first-order valence-corrected chi connectivity index (χ1v) is 17.2. The maximum absolute atomic E-state index is 13.9. The van der Waals surface area contributed by atoms with Gasteiger partial charge < -0.3 is 48.1 Å². The van der Waals surface area contributed by atoms with Gasteiger partial charge in [0.1, 0.15) is 30.2 Å². The molecule has 2 fully saturated rings. The van der Waals surface area contributed by atoms with Crippen molar-refractivity contribution >= 4 is 35.5 Å². The number of rotatable bonds is 19. The number of nitrogens with one attached hydrogen (secondary N) is 3. The third-order valence-electron chi connectivity index (χ3n) is 9.00. The van der Waals surface area contributed by atoms with E-state index in [1.165, 1.54) is 9.80 Å². The molecule has 15 heteroatoms. The summed E-state index contributed by atoms with van der Waals surface area (Å²) < 4.78 is 0. The quantitative estimate of drug-likeness (QED) is 0.0864. The predicted octanol–water partition coefficient (Wildman–Crippen LogP) is -0.595. The van der Waals surface area contributed by atoms with E-state index in [0.717, 1.165) is 6.42 Å². The normalized spacial score (nSPS) is 20.5. The zero-order valence-corrected chi connectivity index (χ0v) is 28.5. The van der Waals surface area contributed by atoms with Crippen molar-refractivity contribution in [2.75, 3.05) is 26.2 Å². The highest BCUT2D eigenvalue weighted by molar-refractivity contribution is 5.96. The summed E-state index contributed by atoms with van der Waals surface area (Å²) in [6.45, 7) is 8.50. The highest BCUT2D eigenvalue weighted by Crippen LogP contribution is 2.22. The number of hydrogen-bond acceptors (Lipinski definition) is 9. The van der Waals surface area contributed by atoms with E-state index < -0.39 is 65.8 Å². The van der Waals surface area contributed by atoms with Crippen molar-refractivity contribution in [1.29, 1.82) is 0 Å². The molecular weight excluding hydrogens is 608 g/mol. The van der Waals surface area contributed by atoms with Gasteiger partial charge in [-0.05, 0) is 82.7 Å². The van der Waals surface area contributed by atoms with Gasteiger partial charge >= 0.3 is 5.97 Å². The van der Waals surface area contributed by atoms with E-state index >= 15 is 0 Å². The molecule has 0 saturated carbocycles. The summed E-state index contributed by atoms with van der Waals surface area (Å²) in [6.07, 6.45) is 5.32. The Bertz CT molecular complexity index is 1090. The third-order valence-corrected chi connectivity index (χ3v) is 9.00. The Morgan fingerprint density at radius 2 is 1.17 bits per heavy atom. The lowest BCUT2D eigenvalue weighted by molar-refractivity contribution is -0.146. The van der Waals surface area contributed by atoms with Crippen LogP contribution in [0.2, 0.25) is 0 Å². The molecule has 0 aromatic carbocycles. The average molecular weight is 667 g/mol. The van der Waals surface area contributed by atoms with Gasteiger partial charge in [-0.15, -0.1) is 0 Å². The smallest absolute Gasteiger partial charge is 0.326 e. The van der Waals surface area contributed by atoms with Crippen LogP contribution in [0.3, 0.4) is 0 Å². The number of unbranched alkanes of at least 4 members (excludes halogenated alkanes) is 2. The standard InChI is InChI=1S/C32H58N8O7/c1-19(2)25(37-27(41)23-13-9-17-39(23)30(44)21(35)11-5-7-15-33)29(43)36-22(12-6-8-16-34)31(45)40-18-10-14-24(40)28(42)38-26(20(3)4)32(46)47/h19-26H,5-18,33-35H2,1-4H3,(H,36,43)(H,37,41)(H,38,42)(H,46,47)/t21-,22-,23-,24-,25-,26-/m0/s1. The molecule has 0 radical (unpaired) electrons. The van der Waals surface area contributed by atoms with E-state index in [4.69, 9.17) is 17.2 Å². The van der Waals surface area contributed by atoms with Gasteiger partial charge in [0, 0.05) is 13.1 Å². The monoisotopic (exact) mass is 666 g/mol. The van der Waals surface area contributed by atoms with E-state index in [1.807, 2.05) is 0 Å². The molecule has 2 aliphatic rings. The number of carbonyl (C=O) groups is 6. The summed E-state index contributed by atoms with van der Waals surface area (Å²) in [5.74, 6) is -4.19. The lowest BCUT2D eigenvalue weighted by Gasteiger charge is -2.32. The first-order valence-electron chi connectivity index (χ1n) is 17.2. The van der Waals surface area contributed by atoms with Crippen LogP contribution in [0.25, 0.3) is 0 Å². The van der Waals surface area contributed by atoms with Crippen molar-refractivity contribution in [3.05, 3.63) is 0 Å². The van der Waals surface area contributed by atoms with Gasteiger partial charge in [-0.1, -0.05) is 34.1 Å². The van der Waals surface area contributed by atoms with E-state index in [0.29, 0.717) is 71.0 Å². The molecule has 47 heavy (non-hydrogen) atoms. The maximum atomic E-state index is 13.9. The van der Waals surface area contributed by atoms with Crippen LogP contribution in [0.5, 0.6) is 0 Å². The van der Waals surface area contributed by atoms with Gasteiger partial charge in [-0.3, -0.25) is 24.0 Å². The van der Waals surface area contributed by atoms with Crippen LogP contribution in [0.1, 0.15) is 91.9 Å². The number of likely N-dealkylation sites (tertiary alicyclic amines) is 2. The molecule has 268 valence electrons. The number of nitrogens with zero attached hydrogens (tertiary/aromatic N) is 2. The minimum Gasteiger partial charge on any atom is -0.480 e. The molecule has 5 amide bonds. The summed E-state index contributed by atoms with van der Waals surface area (Å²) in [7, 11) is 0. The van der Waals surface area contributed by atoms with Crippen molar-refractivity contribution in [2.45, 2.75) is 128 Å². The number of carboxylic acids is 1. The molecule has 10 N–H and O–H groups in total. The first kappa shape index (κ1) is 39.9. The SMILES string of the molecule is CC(C)[C@H](NC(=O)[C@@H]1CCCN1C(=O)[C@H](CCCCN)NC(=O)[C@@H](NC(=O)[C@@H]1CCCN1C(=O)[C@@H](N)CCCCN)C(C)C)C(=O)O. The fourth-order valence-electron chi connectivity index (χ4n) is 6.21. The summed E-state index contributed by atoms with van der Waals surface area (Å²) in [6, 6.07) is -5.46. The number of carboxylic acid groups (broad SMARTS) is 1. The molecule has 0 unspecified atom stereocenters. The summed E-state index contributed by atoms with van der Waals surface area (Å²) >= 11 is 0. The molecule has 2 aliphatic heterocycles. The van der Waals surface area contributed by atoms with Crippen molar-refractivity contribution in [3.8, 4) is 0 Å². The summed E-state index contributed by atoms with van der Waals surface area (Å²) in [5, 5.41) is 17.7. The Morgan fingerprint density at radius 1 is 0.702 bits per heavy atom. The van der Waals surface area contributed by atoms with Crippen LogP contribution in [0, 0.1) is 11.8 Å². The van der Waals surface area contributed by atoms with E-state index in [2.05, 4.69) is 16.0 Å². The van der Waals surface area contributed by atoms with Gasteiger partial charge in [-0.25, -0.2) is 4.79 Å². The fourth-order valence-corrected chi connectivity index (χ4v) is 6.21.